The number of amides is 2. The number of halogens is 1. The minimum Gasteiger partial charge on any atom is -0.495 e. The molecule has 0 aromatic heterocycles. The molecule has 0 unspecified atom stereocenters. The normalized spacial score (nSPS) is 17.2. The predicted octanol–water partition coefficient (Wildman–Crippen LogP) is 1.90. The number of piperidine rings is 1. The highest BCUT2D eigenvalue weighted by Gasteiger charge is 2.35. The van der Waals surface area contributed by atoms with Gasteiger partial charge in [0.25, 0.3) is 0 Å². The number of ether oxygens (including phenoxy) is 1. The maximum atomic E-state index is 13.7. The Bertz CT molecular complexity index is 1070. The van der Waals surface area contributed by atoms with Gasteiger partial charge >= 0.3 is 0 Å². The second-order valence-electron chi connectivity index (χ2n) is 7.33. The highest BCUT2D eigenvalue weighted by atomic mass is 32.2. The van der Waals surface area contributed by atoms with Crippen LogP contribution in [0, 0.1) is 11.7 Å². The molecule has 0 spiro atoms. The van der Waals surface area contributed by atoms with Crippen LogP contribution in [0.4, 0.5) is 10.1 Å². The monoisotopic (exact) mass is 449 g/mol. The molecule has 0 bridgehead atoms. The Labute approximate surface area is 180 Å². The third kappa shape index (κ3) is 5.39. The van der Waals surface area contributed by atoms with E-state index in [4.69, 9.17) is 10.5 Å². The van der Waals surface area contributed by atoms with Crippen LogP contribution in [0.3, 0.4) is 0 Å². The van der Waals surface area contributed by atoms with E-state index in [9.17, 15) is 22.4 Å². The van der Waals surface area contributed by atoms with Gasteiger partial charge in [0.2, 0.25) is 21.8 Å². The van der Waals surface area contributed by atoms with Crippen molar-refractivity contribution in [3.63, 3.8) is 0 Å². The van der Waals surface area contributed by atoms with Gasteiger partial charge in [-0.25, -0.2) is 12.8 Å². The number of sulfonamides is 1. The van der Waals surface area contributed by atoms with Crippen LogP contribution >= 0.6 is 0 Å². The van der Waals surface area contributed by atoms with Crippen LogP contribution in [0.25, 0.3) is 0 Å². The molecular formula is C21H24FN3O5S. The van der Waals surface area contributed by atoms with E-state index < -0.39 is 27.7 Å². The standard InChI is InChI=1S/C21H24FN3O5S/c1-30-18-9-6-16(22)12-19(18)31(28,29)25-10-2-3-15(13-25)21(27)24-17-7-4-14(5-8-17)11-20(23)26/h4-9,12,15H,2-3,10-11,13H2,1H3,(H2,23,26)(H,24,27)/t15-/m1/s1. The van der Waals surface area contributed by atoms with Gasteiger partial charge in [-0.2, -0.15) is 4.31 Å². The molecule has 1 aliphatic rings. The summed E-state index contributed by atoms with van der Waals surface area (Å²) < 4.78 is 46.1. The van der Waals surface area contributed by atoms with E-state index in [0.717, 1.165) is 17.7 Å². The predicted molar refractivity (Wildman–Crippen MR) is 112 cm³/mol. The molecule has 3 N–H and O–H groups in total. The number of methoxy groups -OCH3 is 1. The molecule has 1 fully saturated rings. The van der Waals surface area contributed by atoms with Crippen molar-refractivity contribution in [1.29, 1.82) is 0 Å². The van der Waals surface area contributed by atoms with Crippen LogP contribution < -0.4 is 15.8 Å². The lowest BCUT2D eigenvalue weighted by Crippen LogP contribution is -2.43. The summed E-state index contributed by atoms with van der Waals surface area (Å²) in [7, 11) is -2.73. The second kappa shape index (κ2) is 9.44. The first-order valence-corrected chi connectivity index (χ1v) is 11.2. The summed E-state index contributed by atoms with van der Waals surface area (Å²) in [5.74, 6) is -1.97. The van der Waals surface area contributed by atoms with Crippen molar-refractivity contribution in [3.8, 4) is 5.75 Å². The molecule has 1 heterocycles. The van der Waals surface area contributed by atoms with Crippen molar-refractivity contribution in [2.24, 2.45) is 11.7 Å². The Kier molecular flexibility index (Phi) is 6.91. The zero-order chi connectivity index (χ0) is 22.6. The molecule has 2 aromatic carbocycles. The molecule has 8 nitrogen and oxygen atoms in total. The largest absolute Gasteiger partial charge is 0.495 e. The Morgan fingerprint density at radius 3 is 2.58 bits per heavy atom. The summed E-state index contributed by atoms with van der Waals surface area (Å²) in [5, 5.41) is 2.77. The zero-order valence-corrected chi connectivity index (χ0v) is 17.8. The topological polar surface area (TPSA) is 119 Å². The van der Waals surface area contributed by atoms with Crippen molar-refractivity contribution in [1.82, 2.24) is 4.31 Å². The number of nitrogens with zero attached hydrogens (tertiary/aromatic N) is 1. The molecule has 0 saturated carbocycles. The summed E-state index contributed by atoms with van der Waals surface area (Å²) in [4.78, 5) is 23.4. The summed E-state index contributed by atoms with van der Waals surface area (Å²) in [6, 6.07) is 10.0. The van der Waals surface area contributed by atoms with Crippen molar-refractivity contribution in [3.05, 3.63) is 53.8 Å². The molecule has 0 radical (unpaired) electrons. The molecule has 166 valence electrons. The first-order valence-electron chi connectivity index (χ1n) is 9.72. The van der Waals surface area contributed by atoms with Crippen molar-refractivity contribution >= 4 is 27.5 Å². The maximum absolute atomic E-state index is 13.7. The Morgan fingerprint density at radius 2 is 1.94 bits per heavy atom. The number of primary amides is 1. The molecule has 3 rings (SSSR count). The number of benzene rings is 2. The van der Waals surface area contributed by atoms with Gasteiger partial charge in [-0.1, -0.05) is 12.1 Å². The van der Waals surface area contributed by atoms with Crippen LogP contribution in [-0.2, 0) is 26.0 Å². The van der Waals surface area contributed by atoms with Gasteiger partial charge < -0.3 is 15.8 Å². The van der Waals surface area contributed by atoms with Gasteiger partial charge in [0, 0.05) is 18.8 Å². The lowest BCUT2D eigenvalue weighted by molar-refractivity contribution is -0.121. The smallest absolute Gasteiger partial charge is 0.246 e. The first-order chi connectivity index (χ1) is 14.7. The molecule has 1 aliphatic heterocycles. The van der Waals surface area contributed by atoms with Gasteiger partial charge in [0.05, 0.1) is 19.4 Å². The van der Waals surface area contributed by atoms with Gasteiger partial charge in [0.1, 0.15) is 16.5 Å². The van der Waals surface area contributed by atoms with E-state index in [2.05, 4.69) is 5.32 Å². The lowest BCUT2D eigenvalue weighted by atomic mass is 9.98. The van der Waals surface area contributed by atoms with Crippen LogP contribution in [-0.4, -0.2) is 44.7 Å². The maximum Gasteiger partial charge on any atom is 0.246 e. The van der Waals surface area contributed by atoms with E-state index in [1.54, 1.807) is 24.3 Å². The quantitative estimate of drug-likeness (QED) is 0.669. The van der Waals surface area contributed by atoms with E-state index >= 15 is 0 Å². The average molecular weight is 450 g/mol. The number of rotatable bonds is 7. The molecule has 1 atom stereocenters. The van der Waals surface area contributed by atoms with Gasteiger partial charge in [0.15, 0.2) is 0 Å². The third-order valence-corrected chi connectivity index (χ3v) is 6.98. The van der Waals surface area contributed by atoms with Crippen LogP contribution in [0.2, 0.25) is 0 Å². The SMILES string of the molecule is COc1ccc(F)cc1S(=O)(=O)N1CCC[C@@H](C(=O)Nc2ccc(CC(N)=O)cc2)C1. The Hall–Kier alpha value is -2.98. The fraction of sp³-hybridized carbons (Fsp3) is 0.333. The Balaban J connectivity index is 1.72. The third-order valence-electron chi connectivity index (χ3n) is 5.10. The van der Waals surface area contributed by atoms with Crippen molar-refractivity contribution < 1.29 is 27.1 Å². The summed E-state index contributed by atoms with van der Waals surface area (Å²) in [6.07, 6.45) is 1.12. The van der Waals surface area contributed by atoms with Gasteiger partial charge in [-0.05, 0) is 48.7 Å². The number of carbonyl (C=O) groups is 2. The minimum atomic E-state index is -4.04. The number of nitrogens with one attached hydrogen (secondary N) is 1. The van der Waals surface area contributed by atoms with Crippen LogP contribution in [0.15, 0.2) is 47.4 Å². The van der Waals surface area contributed by atoms with Crippen LogP contribution in [0.1, 0.15) is 18.4 Å². The fourth-order valence-electron chi connectivity index (χ4n) is 3.52. The Morgan fingerprint density at radius 1 is 1.23 bits per heavy atom. The highest BCUT2D eigenvalue weighted by Crippen LogP contribution is 2.30. The zero-order valence-electron chi connectivity index (χ0n) is 17.0. The van der Waals surface area contributed by atoms with E-state index in [1.807, 2.05) is 0 Å². The number of nitrogens with two attached hydrogens (primary N) is 1. The van der Waals surface area contributed by atoms with E-state index in [-0.39, 0.29) is 36.1 Å². The summed E-state index contributed by atoms with van der Waals surface area (Å²) in [5.41, 5.74) is 6.43. The van der Waals surface area contributed by atoms with Crippen molar-refractivity contribution in [2.45, 2.75) is 24.2 Å². The van der Waals surface area contributed by atoms with Crippen molar-refractivity contribution in [2.75, 3.05) is 25.5 Å². The molecule has 2 amide bonds. The minimum absolute atomic E-state index is 0.0202. The summed E-state index contributed by atoms with van der Waals surface area (Å²) in [6.45, 7) is 0.210. The van der Waals surface area contributed by atoms with E-state index in [1.165, 1.54) is 17.5 Å². The molecule has 0 aliphatic carbocycles. The molecule has 1 saturated heterocycles. The highest BCUT2D eigenvalue weighted by molar-refractivity contribution is 7.89. The summed E-state index contributed by atoms with van der Waals surface area (Å²) >= 11 is 0. The number of anilines is 1. The average Bonchev–Trinajstić information content (AvgIpc) is 2.74. The molecule has 10 heteroatoms. The number of carbonyl (C=O) groups excluding carboxylic acids is 2. The van der Waals surface area contributed by atoms with Gasteiger partial charge in [-0.15, -0.1) is 0 Å². The number of hydrogen-bond acceptors (Lipinski definition) is 5. The van der Waals surface area contributed by atoms with Gasteiger partial charge in [-0.3, -0.25) is 9.59 Å². The molecule has 2 aromatic rings. The molecule has 31 heavy (non-hydrogen) atoms. The lowest BCUT2D eigenvalue weighted by Gasteiger charge is -2.31. The second-order valence-corrected chi connectivity index (χ2v) is 9.23. The van der Waals surface area contributed by atoms with Crippen LogP contribution in [0.5, 0.6) is 5.75 Å². The van der Waals surface area contributed by atoms with E-state index in [0.29, 0.717) is 18.5 Å². The number of hydrogen-bond donors (Lipinski definition) is 2. The fourth-order valence-corrected chi connectivity index (χ4v) is 5.21. The first kappa shape index (κ1) is 22.7. The molecular weight excluding hydrogens is 425 g/mol.